The van der Waals surface area contributed by atoms with Crippen LogP contribution in [0.15, 0.2) is 0 Å². The Morgan fingerprint density at radius 3 is 0.783 bits per heavy atom. The second-order valence-corrected chi connectivity index (χ2v) is 12.1. The maximum Gasteiger partial charge on any atom is 0.200 e. The van der Waals surface area contributed by atoms with E-state index in [-0.39, 0.29) is 0 Å². The Morgan fingerprint density at radius 2 is 0.609 bits per heavy atom. The highest BCUT2D eigenvalue weighted by Crippen LogP contribution is 2.24. The molecule has 46 heavy (non-hydrogen) atoms. The van der Waals surface area contributed by atoms with E-state index in [1.807, 2.05) is 0 Å². The van der Waals surface area contributed by atoms with E-state index in [4.69, 9.17) is 0 Å². The van der Waals surface area contributed by atoms with E-state index in [2.05, 4.69) is 34.6 Å². The lowest BCUT2D eigenvalue weighted by Gasteiger charge is -2.49. The Morgan fingerprint density at radius 1 is 0.413 bits per heavy atom. The van der Waals surface area contributed by atoms with Crippen molar-refractivity contribution in [2.75, 3.05) is 6.54 Å². The van der Waals surface area contributed by atoms with Crippen molar-refractivity contribution in [3.05, 3.63) is 87.3 Å². The quantitative estimate of drug-likeness (QED) is 0.157. The van der Waals surface area contributed by atoms with Crippen molar-refractivity contribution >= 4 is 23.1 Å². The van der Waals surface area contributed by atoms with Crippen LogP contribution in [0.2, 0.25) is 0 Å². The second kappa shape index (κ2) is 13.0. The molecule has 0 saturated carbocycles. The SMILES string of the molecule is CC[NH+]1C(C)(C)CCCC1(C)C.Fc1c(F)c(F)c([BH-](c2c(F)c(F)c(F)c(F)c2F)c2c(F)c(F)c(F)c(F)c2F)c(F)c1F. The summed E-state index contributed by atoms with van der Waals surface area (Å²) in [6.45, 7) is 8.05. The molecular weight excluding hydrogens is 658 g/mol. The van der Waals surface area contributed by atoms with E-state index in [1.165, 1.54) is 25.8 Å². The largest absolute Gasteiger partial charge is 0.326 e. The fraction of sp³-hybridized carbons (Fsp3) is 0.379. The molecule has 3 aromatic rings. The van der Waals surface area contributed by atoms with Gasteiger partial charge in [-0.25, -0.2) is 65.9 Å². The van der Waals surface area contributed by atoms with Gasteiger partial charge in [0.15, 0.2) is 52.4 Å². The van der Waals surface area contributed by atoms with Gasteiger partial charge < -0.3 is 4.90 Å². The lowest BCUT2D eigenvalue weighted by Crippen LogP contribution is -3.26. The molecule has 1 N–H and O–H groups in total. The summed E-state index contributed by atoms with van der Waals surface area (Å²) in [5.41, 5.74) is -6.79. The van der Waals surface area contributed by atoms with Crippen molar-refractivity contribution in [2.24, 2.45) is 0 Å². The molecule has 0 aliphatic carbocycles. The maximum atomic E-state index is 14.4. The molecule has 1 nitrogen and oxygen atoms in total. The van der Waals surface area contributed by atoms with Gasteiger partial charge in [-0.1, -0.05) is 0 Å². The van der Waals surface area contributed by atoms with Crippen LogP contribution in [-0.4, -0.2) is 24.3 Å². The number of halogens is 15. The monoisotopic (exact) mass is 683 g/mol. The number of hydrogen-bond donors (Lipinski definition) is 1. The summed E-state index contributed by atoms with van der Waals surface area (Å²) in [6.07, 6.45) is 4.18. The third kappa shape index (κ3) is 6.06. The number of piperidine rings is 1. The standard InChI is InChI=1S/C18HBF15.C11H23N/c20-4-1(5(21)11(27)16(32)10(4)26)19(2-6(22)12(28)17(33)13(29)7(2)23)3-8(24)14(30)18(34)15(31)9(3)25;1-6-12-10(2,3)8-7-9-11(12,4)5/h19H;6-9H2,1-5H3/q-1;/p+1. The van der Waals surface area contributed by atoms with Crippen molar-refractivity contribution in [1.82, 2.24) is 0 Å². The minimum Gasteiger partial charge on any atom is -0.326 e. The zero-order valence-corrected chi connectivity index (χ0v) is 24.7. The third-order valence-electron chi connectivity index (χ3n) is 8.55. The van der Waals surface area contributed by atoms with Crippen molar-refractivity contribution in [2.45, 2.75) is 65.0 Å². The van der Waals surface area contributed by atoms with Crippen LogP contribution >= 0.6 is 0 Å². The number of rotatable bonds is 4. The molecule has 1 fully saturated rings. The third-order valence-corrected chi connectivity index (χ3v) is 8.55. The van der Waals surface area contributed by atoms with Gasteiger partial charge in [0.05, 0.1) is 24.3 Å². The number of nitrogens with one attached hydrogen (secondary N) is 1. The van der Waals surface area contributed by atoms with Crippen LogP contribution in [-0.2, 0) is 0 Å². The van der Waals surface area contributed by atoms with Gasteiger partial charge in [-0.05, 0) is 41.0 Å². The summed E-state index contributed by atoms with van der Waals surface area (Å²) in [5, 5.41) is 0. The van der Waals surface area contributed by atoms with Gasteiger partial charge in [-0.3, -0.25) is 0 Å². The normalized spacial score (nSPS) is 16.1. The predicted octanol–water partition coefficient (Wildman–Crippen LogP) is 5.65. The lowest BCUT2D eigenvalue weighted by atomic mass is 9.36. The molecule has 1 heterocycles. The number of quaternary nitrogens is 1. The lowest BCUT2D eigenvalue weighted by molar-refractivity contribution is -0.997. The van der Waals surface area contributed by atoms with Gasteiger partial charge in [0.1, 0.15) is 34.9 Å². The van der Waals surface area contributed by atoms with E-state index in [1.54, 1.807) is 4.90 Å². The molecule has 0 amide bonds. The number of likely N-dealkylation sites (tertiary alicyclic amines) is 1. The molecule has 3 aromatic carbocycles. The van der Waals surface area contributed by atoms with Gasteiger partial charge in [0.2, 0.25) is 0 Å². The van der Waals surface area contributed by atoms with Crippen LogP contribution in [0.3, 0.4) is 0 Å². The van der Waals surface area contributed by atoms with E-state index < -0.39 is 110 Å². The maximum absolute atomic E-state index is 14.4. The minimum atomic E-state index is -5.16. The van der Waals surface area contributed by atoms with Crippen LogP contribution in [0.25, 0.3) is 0 Å². The van der Waals surface area contributed by atoms with Crippen LogP contribution < -0.4 is 21.3 Å². The second-order valence-electron chi connectivity index (χ2n) is 12.1. The van der Waals surface area contributed by atoms with Gasteiger partial charge in [0, 0.05) is 12.8 Å². The van der Waals surface area contributed by atoms with E-state index in [9.17, 15) is 65.9 Å². The van der Waals surface area contributed by atoms with Crippen molar-refractivity contribution in [3.8, 4) is 0 Å². The molecule has 0 bridgehead atoms. The Labute approximate surface area is 253 Å². The first-order chi connectivity index (χ1) is 21.1. The van der Waals surface area contributed by atoms with Crippen molar-refractivity contribution < 1.29 is 70.8 Å². The predicted molar refractivity (Wildman–Crippen MR) is 138 cm³/mol. The summed E-state index contributed by atoms with van der Waals surface area (Å²) in [6, 6.07) is 0. The smallest absolute Gasteiger partial charge is 0.200 e. The molecule has 0 aromatic heterocycles. The van der Waals surface area contributed by atoms with Crippen LogP contribution in [0.1, 0.15) is 53.9 Å². The first-order valence-corrected chi connectivity index (χ1v) is 13.7. The average Bonchev–Trinajstić information content (AvgIpc) is 2.98. The Kier molecular flexibility index (Phi) is 10.5. The summed E-state index contributed by atoms with van der Waals surface area (Å²) >= 11 is 0. The highest BCUT2D eigenvalue weighted by molar-refractivity contribution is 6.95. The minimum absolute atomic E-state index is 0.497. The Bertz CT molecular complexity index is 1420. The highest BCUT2D eigenvalue weighted by Gasteiger charge is 2.44. The fourth-order valence-corrected chi connectivity index (χ4v) is 6.56. The molecule has 0 atom stereocenters. The van der Waals surface area contributed by atoms with E-state index >= 15 is 0 Å². The molecule has 17 heteroatoms. The highest BCUT2D eigenvalue weighted by atomic mass is 19.2. The van der Waals surface area contributed by atoms with E-state index in [0.717, 1.165) is 0 Å². The number of hydrogen-bond acceptors (Lipinski definition) is 0. The summed E-state index contributed by atoms with van der Waals surface area (Å²) < 4.78 is 209. The molecule has 1 aliphatic heterocycles. The fourth-order valence-electron chi connectivity index (χ4n) is 6.56. The topological polar surface area (TPSA) is 4.44 Å². The van der Waals surface area contributed by atoms with Gasteiger partial charge in [-0.15, -0.1) is 16.4 Å². The first-order valence-electron chi connectivity index (χ1n) is 13.7. The Balaban J connectivity index is 0.000000402. The van der Waals surface area contributed by atoms with Crippen molar-refractivity contribution in [1.29, 1.82) is 0 Å². The zero-order chi connectivity index (χ0) is 35.4. The molecule has 0 radical (unpaired) electrons. The molecule has 1 aliphatic rings. The zero-order valence-electron chi connectivity index (χ0n) is 24.7. The van der Waals surface area contributed by atoms with Crippen LogP contribution in [0.4, 0.5) is 65.9 Å². The summed E-state index contributed by atoms with van der Waals surface area (Å²) in [7, 11) is 0. The Hall–Kier alpha value is -3.37. The molecule has 0 spiro atoms. The van der Waals surface area contributed by atoms with Gasteiger partial charge in [-0.2, -0.15) is 0 Å². The summed E-state index contributed by atoms with van der Waals surface area (Å²) in [5.74, 6) is -44.8. The molecule has 4 rings (SSSR count). The van der Waals surface area contributed by atoms with Gasteiger partial charge in [0.25, 0.3) is 0 Å². The molecule has 254 valence electrons. The van der Waals surface area contributed by atoms with Crippen LogP contribution in [0, 0.1) is 87.3 Å². The van der Waals surface area contributed by atoms with Gasteiger partial charge >= 0.3 is 0 Å². The van der Waals surface area contributed by atoms with Crippen molar-refractivity contribution in [3.63, 3.8) is 0 Å². The van der Waals surface area contributed by atoms with E-state index in [0.29, 0.717) is 11.1 Å². The summed E-state index contributed by atoms with van der Waals surface area (Å²) in [4.78, 5) is 1.78. The number of benzene rings is 3. The molecule has 1 saturated heterocycles. The van der Waals surface area contributed by atoms with Crippen LogP contribution in [0.5, 0.6) is 0 Å². The molecule has 0 unspecified atom stereocenters. The first kappa shape index (κ1) is 37.1. The molecular formula is C29H25BF15N. The average molecular weight is 683 g/mol.